The van der Waals surface area contributed by atoms with Crippen LogP contribution in [0.1, 0.15) is 34.8 Å². The van der Waals surface area contributed by atoms with Crippen molar-refractivity contribution in [1.29, 1.82) is 0 Å². The summed E-state index contributed by atoms with van der Waals surface area (Å²) < 4.78 is 1.82. The maximum absolute atomic E-state index is 12.3. The first-order valence-electron chi connectivity index (χ1n) is 7.71. The Labute approximate surface area is 143 Å². The molecule has 25 heavy (non-hydrogen) atoms. The molecule has 6 N–H and O–H groups in total. The average Bonchev–Trinajstić information content (AvgIpc) is 3.32. The lowest BCUT2D eigenvalue weighted by Gasteiger charge is -2.10. The van der Waals surface area contributed by atoms with E-state index in [4.69, 9.17) is 11.5 Å². The van der Waals surface area contributed by atoms with Crippen LogP contribution >= 0.6 is 0 Å². The molecule has 128 valence electrons. The van der Waals surface area contributed by atoms with Gasteiger partial charge in [-0.05, 0) is 37.1 Å². The van der Waals surface area contributed by atoms with E-state index in [-0.39, 0.29) is 11.4 Å². The average molecular weight is 338 g/mol. The van der Waals surface area contributed by atoms with Crippen LogP contribution in [0, 0.1) is 0 Å². The molecule has 0 aliphatic heterocycles. The largest absolute Gasteiger partial charge is 0.412 e. The van der Waals surface area contributed by atoms with E-state index in [0.29, 0.717) is 11.5 Å². The van der Waals surface area contributed by atoms with Crippen molar-refractivity contribution in [1.82, 2.24) is 14.8 Å². The minimum atomic E-state index is -0.457. The van der Waals surface area contributed by atoms with Crippen molar-refractivity contribution >= 4 is 22.8 Å². The summed E-state index contributed by atoms with van der Waals surface area (Å²) in [6.07, 6.45) is 5.34. The van der Waals surface area contributed by atoms with Gasteiger partial charge in [0, 0.05) is 17.5 Å². The van der Waals surface area contributed by atoms with Crippen LogP contribution in [0.25, 0.3) is 16.6 Å². The van der Waals surface area contributed by atoms with Crippen LogP contribution in [-0.2, 0) is 0 Å². The molecule has 0 saturated heterocycles. The van der Waals surface area contributed by atoms with Gasteiger partial charge in [-0.15, -0.1) is 0 Å². The fourth-order valence-corrected chi connectivity index (χ4v) is 2.91. The zero-order valence-corrected chi connectivity index (χ0v) is 13.4. The molecule has 3 aromatic rings. The summed E-state index contributed by atoms with van der Waals surface area (Å²) in [5.74, 6) is -0.405. The van der Waals surface area contributed by atoms with E-state index in [0.717, 1.165) is 35.1 Å². The number of hydrogen-bond acceptors (Lipinski definition) is 3. The number of aromatic nitrogens is 3. The first kappa shape index (κ1) is 16.6. The molecule has 1 fully saturated rings. The number of carbonyl (C=O) groups excluding carboxylic acids is 1. The highest BCUT2D eigenvalue weighted by atomic mass is 16.1. The third-order valence-electron chi connectivity index (χ3n) is 4.08. The number of pyridine rings is 1. The maximum Gasteiger partial charge on any atom is 0.283 e. The number of hydrogen-bond donors (Lipinski definition) is 2. The third kappa shape index (κ3) is 2.94. The number of guanidine groups is 1. The first-order chi connectivity index (χ1) is 11.6. The molecular formula is C17H18N6O2. The van der Waals surface area contributed by atoms with Crippen LogP contribution in [0.15, 0.2) is 47.7 Å². The van der Waals surface area contributed by atoms with E-state index < -0.39 is 5.91 Å². The van der Waals surface area contributed by atoms with Gasteiger partial charge in [0.1, 0.15) is 0 Å². The molecule has 2 aromatic heterocycles. The molecule has 1 aliphatic rings. The molecule has 2 heterocycles. The number of aliphatic imine (C=N–C) groups is 1. The van der Waals surface area contributed by atoms with Gasteiger partial charge in [-0.25, -0.2) is 4.68 Å². The van der Waals surface area contributed by atoms with E-state index >= 15 is 0 Å². The number of carbonyl (C=O) groups is 1. The van der Waals surface area contributed by atoms with Gasteiger partial charge in [-0.1, -0.05) is 6.07 Å². The molecule has 4 rings (SSSR count). The molecular weight excluding hydrogens is 320 g/mol. The number of rotatable bonds is 3. The summed E-state index contributed by atoms with van der Waals surface area (Å²) in [4.78, 5) is 20.3. The van der Waals surface area contributed by atoms with E-state index in [2.05, 4.69) is 15.1 Å². The monoisotopic (exact) mass is 338 g/mol. The highest BCUT2D eigenvalue weighted by Crippen LogP contribution is 2.43. The van der Waals surface area contributed by atoms with Crippen molar-refractivity contribution < 1.29 is 10.3 Å². The smallest absolute Gasteiger partial charge is 0.283 e. The predicted octanol–water partition coefficient (Wildman–Crippen LogP) is 0.887. The first-order valence-corrected chi connectivity index (χ1v) is 7.71. The van der Waals surface area contributed by atoms with Gasteiger partial charge in [0.2, 0.25) is 0 Å². The number of nitrogens with zero attached hydrogens (tertiary/aromatic N) is 4. The summed E-state index contributed by atoms with van der Waals surface area (Å²) in [7, 11) is 0. The molecule has 8 nitrogen and oxygen atoms in total. The van der Waals surface area contributed by atoms with Gasteiger partial charge in [0.25, 0.3) is 5.91 Å². The van der Waals surface area contributed by atoms with E-state index in [9.17, 15) is 4.79 Å². The summed E-state index contributed by atoms with van der Waals surface area (Å²) in [6, 6.07) is 9.73. The van der Waals surface area contributed by atoms with Gasteiger partial charge in [0.05, 0.1) is 28.7 Å². The van der Waals surface area contributed by atoms with Crippen LogP contribution in [0.4, 0.5) is 0 Å². The fraction of sp³-hybridized carbons (Fsp3) is 0.176. The summed E-state index contributed by atoms with van der Waals surface area (Å²) >= 11 is 0. The fourth-order valence-electron chi connectivity index (χ4n) is 2.91. The summed E-state index contributed by atoms with van der Waals surface area (Å²) in [5.41, 5.74) is 13.8. The van der Waals surface area contributed by atoms with Crippen molar-refractivity contribution in [3.8, 4) is 5.69 Å². The SMILES string of the molecule is NC(N)=NC(=O)c1cnn(-c2cccc3ncccc23)c1C1CC1.O. The predicted molar refractivity (Wildman–Crippen MR) is 94.6 cm³/mol. The third-order valence-corrected chi connectivity index (χ3v) is 4.08. The molecule has 1 saturated carbocycles. The van der Waals surface area contributed by atoms with Gasteiger partial charge in [0.15, 0.2) is 5.96 Å². The molecule has 1 aromatic carbocycles. The van der Waals surface area contributed by atoms with Gasteiger partial charge < -0.3 is 16.9 Å². The Morgan fingerprint density at radius 2 is 2.00 bits per heavy atom. The molecule has 0 unspecified atom stereocenters. The number of amides is 1. The number of fused-ring (bicyclic) bond motifs is 1. The van der Waals surface area contributed by atoms with Crippen LogP contribution in [0.3, 0.4) is 0 Å². The normalized spacial score (nSPS) is 13.3. The second-order valence-electron chi connectivity index (χ2n) is 5.82. The molecule has 0 spiro atoms. The van der Waals surface area contributed by atoms with Gasteiger partial charge >= 0.3 is 0 Å². The van der Waals surface area contributed by atoms with Crippen molar-refractivity contribution in [3.63, 3.8) is 0 Å². The highest BCUT2D eigenvalue weighted by Gasteiger charge is 2.33. The lowest BCUT2D eigenvalue weighted by atomic mass is 10.1. The summed E-state index contributed by atoms with van der Waals surface area (Å²) in [6.45, 7) is 0. The lowest BCUT2D eigenvalue weighted by Crippen LogP contribution is -2.24. The van der Waals surface area contributed by atoms with Crippen molar-refractivity contribution in [2.24, 2.45) is 16.5 Å². The number of nitrogens with two attached hydrogens (primary N) is 2. The molecule has 1 amide bonds. The molecule has 0 atom stereocenters. The van der Waals surface area contributed by atoms with E-state index in [1.54, 1.807) is 6.20 Å². The van der Waals surface area contributed by atoms with Crippen molar-refractivity contribution in [3.05, 3.63) is 54.0 Å². The zero-order chi connectivity index (χ0) is 16.7. The molecule has 1 aliphatic carbocycles. The zero-order valence-electron chi connectivity index (χ0n) is 13.4. The molecule has 0 bridgehead atoms. The Morgan fingerprint density at radius 1 is 1.20 bits per heavy atom. The van der Waals surface area contributed by atoms with Gasteiger partial charge in [-0.2, -0.15) is 10.1 Å². The van der Waals surface area contributed by atoms with Crippen LogP contribution in [-0.4, -0.2) is 32.1 Å². The maximum atomic E-state index is 12.3. The Bertz CT molecular complexity index is 965. The Hall–Kier alpha value is -3.26. The van der Waals surface area contributed by atoms with Crippen molar-refractivity contribution in [2.45, 2.75) is 18.8 Å². The van der Waals surface area contributed by atoms with Crippen LogP contribution < -0.4 is 11.5 Å². The lowest BCUT2D eigenvalue weighted by molar-refractivity contribution is 0.100. The molecule has 8 heteroatoms. The molecule has 0 radical (unpaired) electrons. The summed E-state index contributed by atoms with van der Waals surface area (Å²) in [5, 5.41) is 5.42. The van der Waals surface area contributed by atoms with Crippen LogP contribution in [0.5, 0.6) is 0 Å². The quantitative estimate of drug-likeness (QED) is 0.538. The second-order valence-corrected chi connectivity index (χ2v) is 5.82. The number of benzene rings is 1. The Morgan fingerprint density at radius 3 is 2.72 bits per heavy atom. The topological polar surface area (TPSA) is 144 Å². The van der Waals surface area contributed by atoms with Crippen molar-refractivity contribution in [2.75, 3.05) is 0 Å². The van der Waals surface area contributed by atoms with E-state index in [1.807, 2.05) is 35.0 Å². The Balaban J connectivity index is 0.00000182. The highest BCUT2D eigenvalue weighted by molar-refractivity contribution is 6.03. The van der Waals surface area contributed by atoms with Gasteiger partial charge in [-0.3, -0.25) is 9.78 Å². The minimum absolute atomic E-state index is 0. The second kappa shape index (κ2) is 6.33. The van der Waals surface area contributed by atoms with Crippen LogP contribution in [0.2, 0.25) is 0 Å². The Kier molecular flexibility index (Phi) is 4.20. The standard InChI is InChI=1S/C17H16N6O.H2O/c18-17(19)22-16(24)12-9-21-23(15(12)10-6-7-10)14-5-1-4-13-11(14)3-2-8-20-13;/h1-5,8-10H,6-7H2,(H4,18,19,22,24);1H2. The van der Waals surface area contributed by atoms with E-state index in [1.165, 1.54) is 6.20 Å². The minimum Gasteiger partial charge on any atom is -0.412 e.